The summed E-state index contributed by atoms with van der Waals surface area (Å²) >= 11 is 0. The summed E-state index contributed by atoms with van der Waals surface area (Å²) in [5.74, 6) is 0. The fourth-order valence-corrected chi connectivity index (χ4v) is 3.59. The molecule has 0 radical (unpaired) electrons. The zero-order valence-corrected chi connectivity index (χ0v) is 18.6. The second-order valence-electron chi connectivity index (χ2n) is 9.09. The van der Waals surface area contributed by atoms with E-state index in [9.17, 15) is 9.90 Å². The minimum absolute atomic E-state index is 0.0419. The molecule has 0 unspecified atom stereocenters. The Bertz CT molecular complexity index is 438. The van der Waals surface area contributed by atoms with E-state index in [1.54, 1.807) is 6.08 Å². The first-order valence-corrected chi connectivity index (χ1v) is 12.0. The molecule has 0 bridgehead atoms. The minimum atomic E-state index is -2.05. The summed E-state index contributed by atoms with van der Waals surface area (Å²) in [6, 6.07) is -0.549. The number of nitrogens with one attached hydrogen (secondary N) is 1. The number of alkyl carbamates (subject to hydrolysis) is 1. The molecule has 25 heavy (non-hydrogen) atoms. The maximum atomic E-state index is 12.2. The SMILES string of the molecule is C=CC[C@@H](O)[C@@H](NC(=O)OC(C)(C)C)[C@@H](CC)O[Si](C)(C)C(C)(C)C. The van der Waals surface area contributed by atoms with E-state index >= 15 is 0 Å². The van der Waals surface area contributed by atoms with Gasteiger partial charge in [-0.3, -0.25) is 0 Å². The lowest BCUT2D eigenvalue weighted by Crippen LogP contribution is -2.56. The highest BCUT2D eigenvalue weighted by molar-refractivity contribution is 6.74. The molecular formula is C19H39NO4Si. The Hall–Kier alpha value is -0.853. The van der Waals surface area contributed by atoms with Gasteiger partial charge in [-0.15, -0.1) is 6.58 Å². The van der Waals surface area contributed by atoms with Crippen LogP contribution in [0.2, 0.25) is 18.1 Å². The average Bonchev–Trinajstić information content (AvgIpc) is 2.39. The molecule has 0 aromatic rings. The summed E-state index contributed by atoms with van der Waals surface area (Å²) in [5, 5.41) is 13.4. The Labute approximate surface area is 155 Å². The summed E-state index contributed by atoms with van der Waals surface area (Å²) in [6.45, 7) is 22.0. The molecular weight excluding hydrogens is 334 g/mol. The van der Waals surface area contributed by atoms with Crippen molar-refractivity contribution in [2.75, 3.05) is 0 Å². The summed E-state index contributed by atoms with van der Waals surface area (Å²) in [6.07, 6.45) is 1.09. The first-order valence-electron chi connectivity index (χ1n) is 9.11. The first kappa shape index (κ1) is 24.1. The molecule has 0 aromatic carbocycles. The fourth-order valence-electron chi connectivity index (χ4n) is 2.16. The minimum Gasteiger partial charge on any atom is -0.444 e. The molecule has 5 nitrogen and oxygen atoms in total. The van der Waals surface area contributed by atoms with Crippen molar-refractivity contribution in [1.29, 1.82) is 0 Å². The molecule has 1 amide bonds. The van der Waals surface area contributed by atoms with E-state index < -0.39 is 32.2 Å². The predicted octanol–water partition coefficient (Wildman–Crippen LogP) is 4.62. The number of amides is 1. The van der Waals surface area contributed by atoms with E-state index in [4.69, 9.17) is 9.16 Å². The van der Waals surface area contributed by atoms with Crippen molar-refractivity contribution in [2.24, 2.45) is 0 Å². The monoisotopic (exact) mass is 373 g/mol. The fraction of sp³-hybridized carbons (Fsp3) is 0.842. The second kappa shape index (κ2) is 9.19. The molecule has 0 aliphatic rings. The Morgan fingerprint density at radius 1 is 1.24 bits per heavy atom. The van der Waals surface area contributed by atoms with Crippen LogP contribution in [0.1, 0.15) is 61.3 Å². The standard InChI is InChI=1S/C19H39NO4Si/c1-11-13-14(21)16(20-17(22)23-18(3,4)5)15(12-2)24-25(9,10)19(6,7)8/h11,14-16,21H,1,12-13H2,2-10H3,(H,20,22)/t14-,15-,16-/m1/s1. The third-order valence-corrected chi connectivity index (χ3v) is 9.07. The van der Waals surface area contributed by atoms with Gasteiger partial charge in [0.1, 0.15) is 5.60 Å². The van der Waals surface area contributed by atoms with Crippen LogP contribution in [0.25, 0.3) is 0 Å². The average molecular weight is 374 g/mol. The third-order valence-electron chi connectivity index (χ3n) is 4.56. The zero-order valence-electron chi connectivity index (χ0n) is 17.6. The van der Waals surface area contributed by atoms with Crippen LogP contribution in [0.5, 0.6) is 0 Å². The highest BCUT2D eigenvalue weighted by Crippen LogP contribution is 2.38. The molecule has 0 heterocycles. The Kier molecular flexibility index (Phi) is 8.88. The third kappa shape index (κ3) is 8.38. The van der Waals surface area contributed by atoms with Crippen LogP contribution < -0.4 is 5.32 Å². The Morgan fingerprint density at radius 2 is 1.76 bits per heavy atom. The van der Waals surface area contributed by atoms with Gasteiger partial charge in [0.2, 0.25) is 0 Å². The Morgan fingerprint density at radius 3 is 2.12 bits per heavy atom. The van der Waals surface area contributed by atoms with E-state index in [1.165, 1.54) is 0 Å². The van der Waals surface area contributed by atoms with Crippen molar-refractivity contribution in [3.05, 3.63) is 12.7 Å². The molecule has 6 heteroatoms. The number of aliphatic hydroxyl groups excluding tert-OH is 1. The lowest BCUT2D eigenvalue weighted by Gasteiger charge is -2.42. The lowest BCUT2D eigenvalue weighted by molar-refractivity contribution is 0.0180. The van der Waals surface area contributed by atoms with Crippen molar-refractivity contribution >= 4 is 14.4 Å². The largest absolute Gasteiger partial charge is 0.444 e. The number of rotatable bonds is 8. The molecule has 0 aromatic heterocycles. The van der Waals surface area contributed by atoms with E-state index in [2.05, 4.69) is 45.8 Å². The lowest BCUT2D eigenvalue weighted by atomic mass is 10.0. The van der Waals surface area contributed by atoms with E-state index in [-0.39, 0.29) is 11.1 Å². The Balaban J connectivity index is 5.41. The van der Waals surface area contributed by atoms with Crippen molar-refractivity contribution in [1.82, 2.24) is 5.32 Å². The molecule has 0 rings (SSSR count). The number of hydrogen-bond acceptors (Lipinski definition) is 4. The summed E-state index contributed by atoms with van der Waals surface area (Å²) < 4.78 is 11.8. The van der Waals surface area contributed by atoms with E-state index in [1.807, 2.05) is 27.7 Å². The molecule has 0 saturated carbocycles. The molecule has 0 aliphatic carbocycles. The maximum absolute atomic E-state index is 12.2. The molecule has 3 atom stereocenters. The topological polar surface area (TPSA) is 67.8 Å². The summed E-state index contributed by atoms with van der Waals surface area (Å²) in [5.41, 5.74) is -0.597. The van der Waals surface area contributed by atoms with Crippen LogP contribution in [0.3, 0.4) is 0 Å². The van der Waals surface area contributed by atoms with E-state index in [0.29, 0.717) is 12.8 Å². The number of carbonyl (C=O) groups is 1. The van der Waals surface area contributed by atoms with Crippen LogP contribution >= 0.6 is 0 Å². The van der Waals surface area contributed by atoms with Crippen LogP contribution in [-0.2, 0) is 9.16 Å². The maximum Gasteiger partial charge on any atom is 0.408 e. The van der Waals surface area contributed by atoms with Crippen molar-refractivity contribution < 1.29 is 19.1 Å². The van der Waals surface area contributed by atoms with Crippen LogP contribution in [-0.4, -0.2) is 43.4 Å². The smallest absolute Gasteiger partial charge is 0.408 e. The van der Waals surface area contributed by atoms with Gasteiger partial charge in [0.15, 0.2) is 8.32 Å². The quantitative estimate of drug-likeness (QED) is 0.481. The van der Waals surface area contributed by atoms with Crippen LogP contribution in [0, 0.1) is 0 Å². The van der Waals surface area contributed by atoms with Gasteiger partial charge in [-0.05, 0) is 51.7 Å². The zero-order chi connectivity index (χ0) is 20.1. The van der Waals surface area contributed by atoms with E-state index in [0.717, 1.165) is 0 Å². The summed E-state index contributed by atoms with van der Waals surface area (Å²) in [4.78, 5) is 12.2. The molecule has 0 saturated heterocycles. The van der Waals surface area contributed by atoms with Crippen LogP contribution in [0.4, 0.5) is 4.79 Å². The predicted molar refractivity (Wildman–Crippen MR) is 106 cm³/mol. The van der Waals surface area contributed by atoms with Gasteiger partial charge in [0.25, 0.3) is 0 Å². The van der Waals surface area contributed by atoms with Gasteiger partial charge >= 0.3 is 6.09 Å². The molecule has 148 valence electrons. The highest BCUT2D eigenvalue weighted by Gasteiger charge is 2.42. The van der Waals surface area contributed by atoms with Gasteiger partial charge in [-0.2, -0.15) is 0 Å². The van der Waals surface area contributed by atoms with Gasteiger partial charge in [-0.25, -0.2) is 4.79 Å². The van der Waals surface area contributed by atoms with Crippen LogP contribution in [0.15, 0.2) is 12.7 Å². The van der Waals surface area contributed by atoms with Crippen molar-refractivity contribution in [3.8, 4) is 0 Å². The first-order chi connectivity index (χ1) is 11.1. The van der Waals surface area contributed by atoms with Gasteiger partial charge in [-0.1, -0.05) is 33.8 Å². The highest BCUT2D eigenvalue weighted by atomic mass is 28.4. The van der Waals surface area contributed by atoms with Crippen molar-refractivity contribution in [2.45, 2.75) is 103 Å². The summed E-state index contributed by atoms with van der Waals surface area (Å²) in [7, 11) is -2.05. The van der Waals surface area contributed by atoms with Gasteiger partial charge < -0.3 is 19.6 Å². The molecule has 0 spiro atoms. The normalized spacial score (nSPS) is 16.7. The molecule has 0 fully saturated rings. The van der Waals surface area contributed by atoms with Crippen molar-refractivity contribution in [3.63, 3.8) is 0 Å². The molecule has 0 aliphatic heterocycles. The van der Waals surface area contributed by atoms with Gasteiger partial charge in [0.05, 0.1) is 18.2 Å². The second-order valence-corrected chi connectivity index (χ2v) is 13.8. The molecule has 2 N–H and O–H groups in total. The number of carbonyl (C=O) groups excluding carboxylic acids is 1. The number of ether oxygens (including phenoxy) is 1. The van der Waals surface area contributed by atoms with Gasteiger partial charge in [0, 0.05) is 0 Å². The number of aliphatic hydroxyl groups is 1. The number of hydrogen-bond donors (Lipinski definition) is 2.